The highest BCUT2D eigenvalue weighted by Gasteiger charge is 2.20. The monoisotopic (exact) mass is 494 g/mol. The second kappa shape index (κ2) is 10.5. The highest BCUT2D eigenvalue weighted by atomic mass is 35.5. The van der Waals surface area contributed by atoms with Gasteiger partial charge in [0.25, 0.3) is 5.56 Å². The standard InChI is InChI=1S/C24H23ClN6O4/c1-3-30-23(33)21(27-31(24(30)34)18-11-9-17(25)10-12-18)22-26-19(35-28-22)13-14-20(32)29(2)15-16-7-5-4-6-8-16/h4-12H,3,13-15H2,1-2H3. The van der Waals surface area contributed by atoms with Crippen LogP contribution in [0.2, 0.25) is 5.02 Å². The summed E-state index contributed by atoms with van der Waals surface area (Å²) in [5.74, 6) is 0.0475. The molecule has 35 heavy (non-hydrogen) atoms. The summed E-state index contributed by atoms with van der Waals surface area (Å²) >= 11 is 5.94. The zero-order valence-corrected chi connectivity index (χ0v) is 20.0. The van der Waals surface area contributed by atoms with Crippen molar-refractivity contribution in [3.05, 3.63) is 91.9 Å². The molecule has 0 fully saturated rings. The average molecular weight is 495 g/mol. The first-order valence-electron chi connectivity index (χ1n) is 11.0. The Morgan fingerprint density at radius 1 is 1.09 bits per heavy atom. The maximum absolute atomic E-state index is 12.9. The molecule has 0 atom stereocenters. The van der Waals surface area contributed by atoms with Crippen molar-refractivity contribution in [2.75, 3.05) is 7.05 Å². The van der Waals surface area contributed by atoms with Gasteiger partial charge >= 0.3 is 5.69 Å². The fourth-order valence-electron chi connectivity index (χ4n) is 3.49. The normalized spacial score (nSPS) is 10.9. The molecule has 0 N–H and O–H groups in total. The number of benzene rings is 2. The Kier molecular flexibility index (Phi) is 7.21. The van der Waals surface area contributed by atoms with Gasteiger partial charge in [0.1, 0.15) is 0 Å². The van der Waals surface area contributed by atoms with Gasteiger partial charge in [0.15, 0.2) is 5.69 Å². The van der Waals surface area contributed by atoms with E-state index >= 15 is 0 Å². The maximum Gasteiger partial charge on any atom is 0.352 e. The van der Waals surface area contributed by atoms with E-state index in [1.165, 1.54) is 0 Å². The summed E-state index contributed by atoms with van der Waals surface area (Å²) in [4.78, 5) is 44.1. The minimum Gasteiger partial charge on any atom is -0.341 e. The van der Waals surface area contributed by atoms with Crippen LogP contribution in [0.3, 0.4) is 0 Å². The quantitative estimate of drug-likeness (QED) is 0.369. The van der Waals surface area contributed by atoms with Crippen LogP contribution in [0.15, 0.2) is 68.7 Å². The summed E-state index contributed by atoms with van der Waals surface area (Å²) in [5.41, 5.74) is 0.0909. The molecule has 2 aromatic heterocycles. The second-order valence-corrected chi connectivity index (χ2v) is 8.25. The summed E-state index contributed by atoms with van der Waals surface area (Å²) in [6, 6.07) is 16.1. The molecule has 10 nitrogen and oxygen atoms in total. The van der Waals surface area contributed by atoms with Crippen LogP contribution in [-0.4, -0.2) is 42.3 Å². The average Bonchev–Trinajstić information content (AvgIpc) is 3.33. The van der Waals surface area contributed by atoms with E-state index in [2.05, 4.69) is 15.2 Å². The molecular weight excluding hydrogens is 472 g/mol. The third kappa shape index (κ3) is 5.38. The molecule has 11 heteroatoms. The van der Waals surface area contributed by atoms with E-state index in [9.17, 15) is 14.4 Å². The third-order valence-corrected chi connectivity index (χ3v) is 5.62. The van der Waals surface area contributed by atoms with E-state index in [-0.39, 0.29) is 42.7 Å². The summed E-state index contributed by atoms with van der Waals surface area (Å²) in [6.07, 6.45) is 0.353. The Morgan fingerprint density at radius 3 is 2.49 bits per heavy atom. The van der Waals surface area contributed by atoms with Crippen LogP contribution < -0.4 is 11.2 Å². The first-order chi connectivity index (χ1) is 16.9. The Labute approximate surface area is 205 Å². The highest BCUT2D eigenvalue weighted by molar-refractivity contribution is 6.30. The van der Waals surface area contributed by atoms with Crippen LogP contribution >= 0.6 is 11.6 Å². The Balaban J connectivity index is 1.54. The van der Waals surface area contributed by atoms with E-state index < -0.39 is 11.2 Å². The van der Waals surface area contributed by atoms with E-state index in [0.717, 1.165) is 14.8 Å². The first kappa shape index (κ1) is 24.1. The highest BCUT2D eigenvalue weighted by Crippen LogP contribution is 2.14. The van der Waals surface area contributed by atoms with Crippen LogP contribution in [0.25, 0.3) is 17.2 Å². The van der Waals surface area contributed by atoms with E-state index in [1.807, 2.05) is 30.3 Å². The third-order valence-electron chi connectivity index (χ3n) is 5.37. The molecular formula is C24H23ClN6O4. The number of aromatic nitrogens is 5. The number of hydrogen-bond acceptors (Lipinski definition) is 7. The molecule has 0 unspecified atom stereocenters. The smallest absolute Gasteiger partial charge is 0.341 e. The van der Waals surface area contributed by atoms with Crippen molar-refractivity contribution in [2.45, 2.75) is 32.9 Å². The number of carbonyl (C=O) groups is 1. The molecule has 2 aromatic carbocycles. The summed E-state index contributed by atoms with van der Waals surface area (Å²) in [5, 5.41) is 8.57. The van der Waals surface area contributed by atoms with E-state index in [0.29, 0.717) is 17.3 Å². The molecule has 180 valence electrons. The molecule has 0 spiro atoms. The number of nitrogens with zero attached hydrogens (tertiary/aromatic N) is 6. The Morgan fingerprint density at radius 2 is 1.80 bits per heavy atom. The van der Waals surface area contributed by atoms with E-state index in [1.54, 1.807) is 43.1 Å². The van der Waals surface area contributed by atoms with Gasteiger partial charge < -0.3 is 9.42 Å². The maximum atomic E-state index is 12.9. The minimum atomic E-state index is -0.631. The van der Waals surface area contributed by atoms with E-state index in [4.69, 9.17) is 16.1 Å². The lowest BCUT2D eigenvalue weighted by Gasteiger charge is -2.16. The summed E-state index contributed by atoms with van der Waals surface area (Å²) < 4.78 is 7.39. The Hall–Kier alpha value is -4.05. The molecule has 0 radical (unpaired) electrons. The fraction of sp³-hybridized carbons (Fsp3) is 0.250. The van der Waals surface area contributed by atoms with Gasteiger partial charge in [-0.3, -0.25) is 14.2 Å². The zero-order chi connectivity index (χ0) is 24.9. The number of amides is 1. The van der Waals surface area contributed by atoms with Gasteiger partial charge in [0.2, 0.25) is 17.6 Å². The lowest BCUT2D eigenvalue weighted by molar-refractivity contribution is -0.130. The van der Waals surface area contributed by atoms with Gasteiger partial charge in [0, 0.05) is 38.0 Å². The van der Waals surface area contributed by atoms with Gasteiger partial charge in [-0.15, -0.1) is 0 Å². The van der Waals surface area contributed by atoms with Gasteiger partial charge in [-0.25, -0.2) is 4.79 Å². The number of rotatable bonds is 8. The number of hydrogen-bond donors (Lipinski definition) is 0. The summed E-state index contributed by atoms with van der Waals surface area (Å²) in [7, 11) is 1.73. The number of aryl methyl sites for hydroxylation is 1. The Bertz CT molecular complexity index is 1440. The van der Waals surface area contributed by atoms with Crippen molar-refractivity contribution < 1.29 is 9.32 Å². The zero-order valence-electron chi connectivity index (χ0n) is 19.2. The van der Waals surface area contributed by atoms with Crippen molar-refractivity contribution in [2.24, 2.45) is 0 Å². The lowest BCUT2D eigenvalue weighted by Crippen LogP contribution is -2.41. The van der Waals surface area contributed by atoms with Gasteiger partial charge in [-0.2, -0.15) is 14.8 Å². The summed E-state index contributed by atoms with van der Waals surface area (Å²) in [6.45, 7) is 2.30. The molecule has 0 saturated carbocycles. The molecule has 2 heterocycles. The van der Waals surface area contributed by atoms with Gasteiger partial charge in [0.05, 0.1) is 5.69 Å². The molecule has 4 rings (SSSR count). The van der Waals surface area contributed by atoms with Crippen LogP contribution in [0, 0.1) is 0 Å². The van der Waals surface area contributed by atoms with Crippen molar-refractivity contribution >= 4 is 17.5 Å². The molecule has 0 aliphatic heterocycles. The number of carbonyl (C=O) groups excluding carboxylic acids is 1. The largest absolute Gasteiger partial charge is 0.352 e. The minimum absolute atomic E-state index is 0.0556. The molecule has 0 bridgehead atoms. The van der Waals surface area contributed by atoms with Crippen molar-refractivity contribution in [3.63, 3.8) is 0 Å². The fourth-order valence-corrected chi connectivity index (χ4v) is 3.61. The second-order valence-electron chi connectivity index (χ2n) is 7.82. The lowest BCUT2D eigenvalue weighted by atomic mass is 10.2. The molecule has 0 aliphatic carbocycles. The molecule has 0 saturated heterocycles. The molecule has 1 amide bonds. The SMILES string of the molecule is CCn1c(=O)c(-c2noc(CCC(=O)N(C)Cc3ccccc3)n2)nn(-c2ccc(Cl)cc2)c1=O. The first-order valence-corrected chi connectivity index (χ1v) is 11.4. The van der Waals surface area contributed by atoms with Crippen molar-refractivity contribution in [1.29, 1.82) is 0 Å². The van der Waals surface area contributed by atoms with Crippen molar-refractivity contribution in [1.82, 2.24) is 29.4 Å². The van der Waals surface area contributed by atoms with Gasteiger partial charge in [-0.05, 0) is 36.8 Å². The molecule has 0 aliphatic rings. The van der Waals surface area contributed by atoms with Crippen LogP contribution in [-0.2, 0) is 24.3 Å². The van der Waals surface area contributed by atoms with Crippen LogP contribution in [0.4, 0.5) is 0 Å². The predicted molar refractivity (Wildman–Crippen MR) is 129 cm³/mol. The predicted octanol–water partition coefficient (Wildman–Crippen LogP) is 2.71. The topological polar surface area (TPSA) is 116 Å². The number of halogens is 1. The van der Waals surface area contributed by atoms with Gasteiger partial charge in [-0.1, -0.05) is 47.1 Å². The van der Waals surface area contributed by atoms with Crippen LogP contribution in [0.5, 0.6) is 0 Å². The van der Waals surface area contributed by atoms with Crippen molar-refractivity contribution in [3.8, 4) is 17.2 Å². The molecule has 4 aromatic rings. The van der Waals surface area contributed by atoms with Crippen LogP contribution in [0.1, 0.15) is 24.8 Å².